The Labute approximate surface area is 178 Å². The first-order valence-electron chi connectivity index (χ1n) is 10.6. The molecule has 7 nitrogen and oxygen atoms in total. The Morgan fingerprint density at radius 2 is 1.90 bits per heavy atom. The van der Waals surface area contributed by atoms with E-state index in [2.05, 4.69) is 6.92 Å². The van der Waals surface area contributed by atoms with Crippen molar-refractivity contribution in [3.63, 3.8) is 0 Å². The van der Waals surface area contributed by atoms with Crippen LogP contribution < -0.4 is 0 Å². The van der Waals surface area contributed by atoms with E-state index >= 15 is 0 Å². The van der Waals surface area contributed by atoms with Gasteiger partial charge >= 0.3 is 11.9 Å². The molecule has 0 amide bonds. The molecule has 1 heterocycles. The zero-order valence-electron chi connectivity index (χ0n) is 18.3. The van der Waals surface area contributed by atoms with Crippen molar-refractivity contribution >= 4 is 11.9 Å². The summed E-state index contributed by atoms with van der Waals surface area (Å²) in [5, 5.41) is 10.6. The summed E-state index contributed by atoms with van der Waals surface area (Å²) in [5.41, 5.74) is -0.266. The van der Waals surface area contributed by atoms with Gasteiger partial charge in [-0.05, 0) is 39.3 Å². The number of esters is 2. The number of hydrogen-bond donors (Lipinski definition) is 1. The van der Waals surface area contributed by atoms with E-state index in [0.29, 0.717) is 18.6 Å². The largest absolute Gasteiger partial charge is 0.462 e. The summed E-state index contributed by atoms with van der Waals surface area (Å²) in [6.45, 7) is 7.59. The van der Waals surface area contributed by atoms with Crippen molar-refractivity contribution in [2.75, 3.05) is 13.2 Å². The Morgan fingerprint density at radius 3 is 2.53 bits per heavy atom. The minimum absolute atomic E-state index is 0.247. The monoisotopic (exact) mass is 422 g/mol. The maximum Gasteiger partial charge on any atom is 0.338 e. The van der Waals surface area contributed by atoms with Crippen LogP contribution >= 0.6 is 0 Å². The lowest BCUT2D eigenvalue weighted by molar-refractivity contribution is -0.175. The molecule has 1 aromatic rings. The molecule has 0 aromatic heterocycles. The van der Waals surface area contributed by atoms with E-state index in [-0.39, 0.29) is 6.61 Å². The third kappa shape index (κ3) is 7.38. The van der Waals surface area contributed by atoms with Crippen LogP contribution in [0.4, 0.5) is 0 Å². The lowest BCUT2D eigenvalue weighted by atomic mass is 9.97. The average Bonchev–Trinajstić information content (AvgIpc) is 3.11. The van der Waals surface area contributed by atoms with Gasteiger partial charge in [0.15, 0.2) is 6.29 Å². The van der Waals surface area contributed by atoms with E-state index in [1.807, 2.05) is 6.07 Å². The number of carbonyl (C=O) groups is 2. The smallest absolute Gasteiger partial charge is 0.338 e. The molecule has 0 spiro atoms. The zero-order valence-corrected chi connectivity index (χ0v) is 18.3. The summed E-state index contributed by atoms with van der Waals surface area (Å²) in [6.07, 6.45) is 0.0444. The van der Waals surface area contributed by atoms with Gasteiger partial charge in [0.1, 0.15) is 24.9 Å². The van der Waals surface area contributed by atoms with Gasteiger partial charge in [-0.2, -0.15) is 0 Å². The van der Waals surface area contributed by atoms with Crippen molar-refractivity contribution in [2.24, 2.45) is 5.41 Å². The van der Waals surface area contributed by atoms with Crippen LogP contribution in [0.25, 0.3) is 0 Å². The maximum atomic E-state index is 12.5. The van der Waals surface area contributed by atoms with Crippen molar-refractivity contribution in [3.8, 4) is 0 Å². The van der Waals surface area contributed by atoms with Gasteiger partial charge in [-0.3, -0.25) is 4.79 Å². The average molecular weight is 423 g/mol. The molecule has 0 unspecified atom stereocenters. The van der Waals surface area contributed by atoms with E-state index in [4.69, 9.17) is 18.9 Å². The molecular weight excluding hydrogens is 388 g/mol. The molecule has 168 valence electrons. The van der Waals surface area contributed by atoms with Gasteiger partial charge in [-0.1, -0.05) is 38.0 Å². The third-order valence-electron chi connectivity index (χ3n) is 4.80. The Hall–Kier alpha value is -1.96. The zero-order chi connectivity index (χ0) is 22.1. The predicted octanol–water partition coefficient (Wildman–Crippen LogP) is 3.48. The van der Waals surface area contributed by atoms with Crippen molar-refractivity contribution in [1.82, 2.24) is 0 Å². The van der Waals surface area contributed by atoms with Crippen molar-refractivity contribution in [3.05, 3.63) is 35.9 Å². The van der Waals surface area contributed by atoms with Crippen molar-refractivity contribution in [2.45, 2.75) is 78.0 Å². The first kappa shape index (κ1) is 24.3. The summed E-state index contributed by atoms with van der Waals surface area (Å²) in [4.78, 5) is 24.5. The molecule has 1 N–H and O–H groups in total. The van der Waals surface area contributed by atoms with Gasteiger partial charge in [-0.15, -0.1) is 0 Å². The summed E-state index contributed by atoms with van der Waals surface area (Å²) >= 11 is 0. The summed E-state index contributed by atoms with van der Waals surface area (Å²) < 4.78 is 22.4. The second-order valence-electron chi connectivity index (χ2n) is 8.57. The van der Waals surface area contributed by atoms with Crippen LogP contribution in [0, 0.1) is 5.41 Å². The number of aliphatic hydroxyl groups excluding tert-OH is 1. The molecule has 4 atom stereocenters. The van der Waals surface area contributed by atoms with Crippen LogP contribution in [0.2, 0.25) is 0 Å². The van der Waals surface area contributed by atoms with E-state index in [9.17, 15) is 14.7 Å². The molecule has 1 aliphatic heterocycles. The number of carbonyl (C=O) groups excluding carboxylic acids is 2. The van der Waals surface area contributed by atoms with E-state index in [1.54, 1.807) is 45.0 Å². The fourth-order valence-corrected chi connectivity index (χ4v) is 3.02. The molecule has 1 aromatic carbocycles. The highest BCUT2D eigenvalue weighted by Crippen LogP contribution is 2.28. The number of unbranched alkanes of at least 4 members (excludes halogenated alkanes) is 2. The van der Waals surface area contributed by atoms with Crippen LogP contribution in [-0.4, -0.2) is 54.9 Å². The molecule has 1 aliphatic rings. The highest BCUT2D eigenvalue weighted by Gasteiger charge is 2.43. The van der Waals surface area contributed by atoms with Gasteiger partial charge in [0, 0.05) is 13.0 Å². The normalized spacial score (nSPS) is 22.5. The summed E-state index contributed by atoms with van der Waals surface area (Å²) in [5.74, 6) is -0.926. The van der Waals surface area contributed by atoms with E-state index in [1.165, 1.54) is 0 Å². The second-order valence-corrected chi connectivity index (χ2v) is 8.57. The highest BCUT2D eigenvalue weighted by molar-refractivity contribution is 5.89. The molecule has 0 radical (unpaired) electrons. The predicted molar refractivity (Wildman–Crippen MR) is 111 cm³/mol. The fourth-order valence-electron chi connectivity index (χ4n) is 3.02. The van der Waals surface area contributed by atoms with Crippen LogP contribution in [0.15, 0.2) is 30.3 Å². The first-order valence-corrected chi connectivity index (χ1v) is 10.6. The van der Waals surface area contributed by atoms with Crippen molar-refractivity contribution < 1.29 is 33.6 Å². The first-order chi connectivity index (χ1) is 14.2. The van der Waals surface area contributed by atoms with Gasteiger partial charge in [0.25, 0.3) is 0 Å². The van der Waals surface area contributed by atoms with Crippen LogP contribution in [-0.2, 0) is 23.7 Å². The Bertz CT molecular complexity index is 668. The molecule has 0 saturated carbocycles. The van der Waals surface area contributed by atoms with Gasteiger partial charge < -0.3 is 24.1 Å². The van der Waals surface area contributed by atoms with Crippen molar-refractivity contribution in [1.29, 1.82) is 0 Å². The van der Waals surface area contributed by atoms with Crippen LogP contribution in [0.3, 0.4) is 0 Å². The maximum absolute atomic E-state index is 12.5. The van der Waals surface area contributed by atoms with Gasteiger partial charge in [0.2, 0.25) is 0 Å². The molecule has 30 heavy (non-hydrogen) atoms. The molecule has 2 rings (SSSR count). The van der Waals surface area contributed by atoms with Gasteiger partial charge in [-0.25, -0.2) is 4.79 Å². The fraction of sp³-hybridized carbons (Fsp3) is 0.652. The molecule has 0 aliphatic carbocycles. The van der Waals surface area contributed by atoms with E-state index in [0.717, 1.165) is 19.3 Å². The SMILES string of the molecule is CCCCCO[C@H]1C[C@@H](OC(=O)c2ccccc2)[C@H]([C@H](O)COC(=O)C(C)(C)C)O1. The number of aliphatic hydroxyl groups is 1. The number of benzene rings is 1. The lowest BCUT2D eigenvalue weighted by Crippen LogP contribution is -2.41. The summed E-state index contributed by atoms with van der Waals surface area (Å²) in [7, 11) is 0. The van der Waals surface area contributed by atoms with Crippen LogP contribution in [0.5, 0.6) is 0 Å². The minimum Gasteiger partial charge on any atom is -0.462 e. The quantitative estimate of drug-likeness (QED) is 0.456. The molecule has 0 bridgehead atoms. The molecule has 7 heteroatoms. The number of hydrogen-bond acceptors (Lipinski definition) is 7. The van der Waals surface area contributed by atoms with E-state index < -0.39 is 42.0 Å². The lowest BCUT2D eigenvalue weighted by Gasteiger charge is -2.25. The van der Waals surface area contributed by atoms with Crippen LogP contribution in [0.1, 0.15) is 63.7 Å². The summed E-state index contributed by atoms with van der Waals surface area (Å²) in [6, 6.07) is 8.63. The Kier molecular flexibility index (Phi) is 9.27. The third-order valence-corrected chi connectivity index (χ3v) is 4.80. The Morgan fingerprint density at radius 1 is 1.20 bits per heavy atom. The standard InChI is InChI=1S/C23H34O7/c1-5-6-10-13-27-19-14-18(29-21(25)16-11-8-7-9-12-16)20(30-19)17(24)15-28-22(26)23(2,3)4/h7-9,11-12,17-20,24H,5-6,10,13-15H2,1-4H3/t17-,18-,19-,20+/m1/s1. The molecular formula is C23H34O7. The molecule has 1 fully saturated rings. The molecule has 1 saturated heterocycles. The Balaban J connectivity index is 2.00. The number of ether oxygens (including phenoxy) is 4. The number of rotatable bonds is 10. The minimum atomic E-state index is -1.14. The van der Waals surface area contributed by atoms with Gasteiger partial charge in [0.05, 0.1) is 11.0 Å². The second kappa shape index (κ2) is 11.4. The highest BCUT2D eigenvalue weighted by atomic mass is 16.7. The topological polar surface area (TPSA) is 91.3 Å².